The summed E-state index contributed by atoms with van der Waals surface area (Å²) in [5, 5.41) is 26.2. The first-order valence-electron chi connectivity index (χ1n) is 13.9. The second-order valence-electron chi connectivity index (χ2n) is 10.4. The molecule has 0 bridgehead atoms. The molecule has 17 heteroatoms. The van der Waals surface area contributed by atoms with Crippen molar-refractivity contribution in [2.75, 3.05) is 18.5 Å². The summed E-state index contributed by atoms with van der Waals surface area (Å²) >= 11 is 0. The number of anilines is 1. The third kappa shape index (κ3) is 7.03. The number of aryl methyl sites for hydroxylation is 2. The molecule has 4 N–H and O–H groups in total. The minimum absolute atomic E-state index is 0.0235. The third-order valence-corrected chi connectivity index (χ3v) is 8.26. The summed E-state index contributed by atoms with van der Waals surface area (Å²) in [6.07, 6.45) is -3.60. The van der Waals surface area contributed by atoms with E-state index in [9.17, 15) is 36.3 Å². The number of nitrogens with one attached hydrogen (secondary N) is 3. The van der Waals surface area contributed by atoms with Gasteiger partial charge < -0.3 is 20.1 Å². The lowest BCUT2D eigenvalue weighted by molar-refractivity contribution is -0.138. The molecule has 13 nitrogen and oxygen atoms in total. The number of alkyl halides is 3. The number of aromatic amines is 1. The molecule has 0 aliphatic heterocycles. The molecule has 0 aliphatic rings. The molecule has 0 saturated heterocycles. The van der Waals surface area contributed by atoms with Gasteiger partial charge >= 0.3 is 6.18 Å². The maximum absolute atomic E-state index is 13.3. The van der Waals surface area contributed by atoms with Crippen LogP contribution in [-0.2, 0) is 34.5 Å². The van der Waals surface area contributed by atoms with E-state index in [-0.39, 0.29) is 39.8 Å². The number of aromatic nitrogens is 4. The largest absolute Gasteiger partial charge is 0.493 e. The minimum atomic E-state index is -4.88. The molecule has 2 aromatic heterocycles. The summed E-state index contributed by atoms with van der Waals surface area (Å²) in [5.74, 6) is -0.970. The van der Waals surface area contributed by atoms with E-state index in [1.807, 2.05) is 6.92 Å². The Morgan fingerprint density at radius 2 is 1.91 bits per heavy atom. The quantitative estimate of drug-likeness (QED) is 0.187. The van der Waals surface area contributed by atoms with Gasteiger partial charge in [0, 0.05) is 19.3 Å². The first-order chi connectivity index (χ1) is 21.5. The van der Waals surface area contributed by atoms with Crippen molar-refractivity contribution in [2.24, 2.45) is 7.05 Å². The molecule has 1 atom stereocenters. The zero-order valence-corrected chi connectivity index (χ0v) is 25.9. The average Bonchev–Trinajstić information content (AvgIpc) is 3.31. The Labute approximate surface area is 261 Å². The molecule has 1 amide bonds. The van der Waals surface area contributed by atoms with E-state index in [4.69, 9.17) is 10.00 Å². The van der Waals surface area contributed by atoms with Crippen LogP contribution in [0, 0.1) is 11.3 Å². The lowest BCUT2D eigenvalue weighted by Crippen LogP contribution is -2.49. The molecule has 0 aliphatic carbocycles. The van der Waals surface area contributed by atoms with E-state index in [1.165, 1.54) is 29.0 Å². The predicted octanol–water partition coefficient (Wildman–Crippen LogP) is 3.23. The van der Waals surface area contributed by atoms with Crippen LogP contribution in [0.4, 0.5) is 18.9 Å². The first kappa shape index (κ1) is 34.1. The normalized spacial score (nSPS) is 13.3. The molecule has 0 unspecified atom stereocenters. The highest BCUT2D eigenvalue weighted by molar-refractivity contribution is 7.89. The SMILES string of the molecule is CCCc1nn(C)c2c(=O)[nH]c(-c3cc(S(=O)(=O)NC[C@@](C)(O)C(=O)Nc4ccc(C#N)c(C(F)(F)F)c4)ccc3OCC)nc12. The van der Waals surface area contributed by atoms with Crippen molar-refractivity contribution in [1.29, 1.82) is 5.26 Å². The van der Waals surface area contributed by atoms with Gasteiger partial charge in [-0.25, -0.2) is 18.1 Å². The number of nitrogens with zero attached hydrogens (tertiary/aromatic N) is 4. The number of benzene rings is 2. The van der Waals surface area contributed by atoms with Crippen LogP contribution in [0.1, 0.15) is 44.0 Å². The number of rotatable bonds is 11. The Morgan fingerprint density at radius 3 is 2.54 bits per heavy atom. The van der Waals surface area contributed by atoms with Gasteiger partial charge in [-0.15, -0.1) is 0 Å². The standard InChI is InChI=1S/C29H30F3N7O6S/c1-5-7-21-23-24(39(4)38-21)26(40)37-25(36-23)19-13-18(10-11-22(19)45-6-2)46(43,44)34-15-28(3,42)27(41)35-17-9-8-16(14-33)20(12-17)29(30,31)32/h8-13,34,42H,5-7,15H2,1-4H3,(H,35,41)(H,36,37,40)/t28-/m1/s1. The molecule has 4 rings (SSSR count). The molecule has 4 aromatic rings. The first-order valence-corrected chi connectivity index (χ1v) is 15.4. The number of sulfonamides is 1. The minimum Gasteiger partial charge on any atom is -0.493 e. The highest BCUT2D eigenvalue weighted by Crippen LogP contribution is 2.34. The number of H-pyrrole nitrogens is 1. The topological polar surface area (TPSA) is 192 Å². The predicted molar refractivity (Wildman–Crippen MR) is 160 cm³/mol. The molecule has 0 saturated carbocycles. The second kappa shape index (κ2) is 12.9. The fourth-order valence-electron chi connectivity index (χ4n) is 4.54. The Morgan fingerprint density at radius 1 is 1.20 bits per heavy atom. The summed E-state index contributed by atoms with van der Waals surface area (Å²) in [6.45, 7) is 3.96. The molecule has 46 heavy (non-hydrogen) atoms. The zero-order chi connectivity index (χ0) is 34.0. The van der Waals surface area contributed by atoms with Crippen molar-refractivity contribution in [3.63, 3.8) is 0 Å². The van der Waals surface area contributed by atoms with Crippen molar-refractivity contribution in [3.05, 3.63) is 63.6 Å². The fraction of sp³-hybridized carbons (Fsp3) is 0.345. The van der Waals surface area contributed by atoms with Crippen molar-refractivity contribution in [2.45, 2.75) is 50.3 Å². The Kier molecular flexibility index (Phi) is 9.56. The number of hydrogen-bond donors (Lipinski definition) is 4. The van der Waals surface area contributed by atoms with Crippen LogP contribution in [0.2, 0.25) is 0 Å². The number of nitriles is 1. The number of hydrogen-bond acceptors (Lipinski definition) is 9. The van der Waals surface area contributed by atoms with Gasteiger partial charge in [0.1, 0.15) is 17.1 Å². The van der Waals surface area contributed by atoms with Crippen molar-refractivity contribution in [1.82, 2.24) is 24.5 Å². The number of carbonyl (C=O) groups is 1. The fourth-order valence-corrected chi connectivity index (χ4v) is 5.70. The van der Waals surface area contributed by atoms with Crippen molar-refractivity contribution in [3.8, 4) is 23.2 Å². The Hall–Kier alpha value is -4.79. The third-order valence-electron chi connectivity index (χ3n) is 6.86. The van der Waals surface area contributed by atoms with E-state index in [0.717, 1.165) is 25.5 Å². The van der Waals surface area contributed by atoms with Crippen LogP contribution in [0.5, 0.6) is 5.75 Å². The molecule has 0 fully saturated rings. The van der Waals surface area contributed by atoms with E-state index >= 15 is 0 Å². The van der Waals surface area contributed by atoms with Crippen LogP contribution >= 0.6 is 0 Å². The smallest absolute Gasteiger partial charge is 0.417 e. The summed E-state index contributed by atoms with van der Waals surface area (Å²) in [7, 11) is -2.82. The van der Waals surface area contributed by atoms with Crippen LogP contribution < -0.4 is 20.3 Å². The average molecular weight is 662 g/mol. The molecule has 244 valence electrons. The summed E-state index contributed by atoms with van der Waals surface area (Å²) in [4.78, 5) is 32.7. The summed E-state index contributed by atoms with van der Waals surface area (Å²) < 4.78 is 75.8. The van der Waals surface area contributed by atoms with Crippen LogP contribution in [0.25, 0.3) is 22.4 Å². The van der Waals surface area contributed by atoms with Crippen LogP contribution in [0.3, 0.4) is 0 Å². The lowest BCUT2D eigenvalue weighted by Gasteiger charge is -2.23. The van der Waals surface area contributed by atoms with Gasteiger partial charge in [-0.3, -0.25) is 14.3 Å². The number of ether oxygens (including phenoxy) is 1. The number of halogens is 3. The van der Waals surface area contributed by atoms with Gasteiger partial charge in [-0.2, -0.15) is 23.5 Å². The zero-order valence-electron chi connectivity index (χ0n) is 25.1. The van der Waals surface area contributed by atoms with Gasteiger partial charge in [0.15, 0.2) is 11.1 Å². The molecule has 0 spiro atoms. The van der Waals surface area contributed by atoms with Gasteiger partial charge in [0.25, 0.3) is 11.5 Å². The maximum atomic E-state index is 13.3. The van der Waals surface area contributed by atoms with E-state index < -0.39 is 50.9 Å². The maximum Gasteiger partial charge on any atom is 0.417 e. The molecular weight excluding hydrogens is 631 g/mol. The number of carbonyl (C=O) groups excluding carboxylic acids is 1. The van der Waals surface area contributed by atoms with Crippen molar-refractivity contribution >= 4 is 32.7 Å². The Balaban J connectivity index is 1.62. The van der Waals surface area contributed by atoms with Crippen molar-refractivity contribution < 1.29 is 36.2 Å². The van der Waals surface area contributed by atoms with Crippen LogP contribution in [0.15, 0.2) is 46.1 Å². The molecule has 2 heterocycles. The summed E-state index contributed by atoms with van der Waals surface area (Å²) in [5.41, 5.74) is -3.94. The molecule has 0 radical (unpaired) electrons. The lowest BCUT2D eigenvalue weighted by atomic mass is 10.0. The Bertz CT molecular complexity index is 2010. The van der Waals surface area contributed by atoms with E-state index in [0.29, 0.717) is 23.7 Å². The highest BCUT2D eigenvalue weighted by Gasteiger charge is 2.36. The van der Waals surface area contributed by atoms with E-state index in [2.05, 4.69) is 25.1 Å². The number of fused-ring (bicyclic) bond motifs is 1. The molecular formula is C29H30F3N7O6S. The highest BCUT2D eigenvalue weighted by atomic mass is 32.2. The summed E-state index contributed by atoms with van der Waals surface area (Å²) in [6, 6.07) is 7.63. The number of amides is 1. The van der Waals surface area contributed by atoms with Crippen LogP contribution in [-0.4, -0.2) is 57.9 Å². The van der Waals surface area contributed by atoms with Gasteiger partial charge in [-0.1, -0.05) is 13.3 Å². The van der Waals surface area contributed by atoms with Gasteiger partial charge in [-0.05, 0) is 56.7 Å². The van der Waals surface area contributed by atoms with Gasteiger partial charge in [0.2, 0.25) is 10.0 Å². The molecule has 2 aromatic carbocycles. The van der Waals surface area contributed by atoms with Gasteiger partial charge in [0.05, 0.1) is 40.0 Å². The number of aliphatic hydroxyl groups is 1. The van der Waals surface area contributed by atoms with E-state index in [1.54, 1.807) is 14.0 Å². The second-order valence-corrected chi connectivity index (χ2v) is 12.2. The monoisotopic (exact) mass is 661 g/mol.